The number of furan rings is 1. The second kappa shape index (κ2) is 7.34. The summed E-state index contributed by atoms with van der Waals surface area (Å²) in [7, 11) is 0. The number of aromatic nitrogens is 2. The minimum atomic E-state index is -0.223. The quantitative estimate of drug-likeness (QED) is 0.658. The normalized spacial score (nSPS) is 12.4. The van der Waals surface area contributed by atoms with E-state index in [9.17, 15) is 4.79 Å². The summed E-state index contributed by atoms with van der Waals surface area (Å²) in [6, 6.07) is 11.3. The highest BCUT2D eigenvalue weighted by atomic mass is 16.3. The summed E-state index contributed by atoms with van der Waals surface area (Å²) in [6.45, 7) is 5.06. The lowest BCUT2D eigenvalue weighted by Crippen LogP contribution is -2.28. The van der Waals surface area contributed by atoms with E-state index in [0.717, 1.165) is 29.8 Å². The van der Waals surface area contributed by atoms with Crippen LogP contribution in [-0.4, -0.2) is 15.5 Å². The molecule has 1 atom stereocenters. The number of carbonyl (C=O) groups excluding carboxylic acids is 1. The summed E-state index contributed by atoms with van der Waals surface area (Å²) in [6.07, 6.45) is 4.95. The SMILES string of the molecule is CCCCCn1c(C(C)NC(=O)c2ccco2)nc2ccccc21. The van der Waals surface area contributed by atoms with E-state index in [4.69, 9.17) is 9.40 Å². The molecule has 0 radical (unpaired) electrons. The Labute approximate surface area is 141 Å². The fourth-order valence-electron chi connectivity index (χ4n) is 2.92. The smallest absolute Gasteiger partial charge is 0.287 e. The van der Waals surface area contributed by atoms with Crippen molar-refractivity contribution in [3.63, 3.8) is 0 Å². The molecule has 24 heavy (non-hydrogen) atoms. The highest BCUT2D eigenvalue weighted by Crippen LogP contribution is 2.22. The maximum absolute atomic E-state index is 12.2. The first kappa shape index (κ1) is 16.3. The zero-order valence-corrected chi connectivity index (χ0v) is 14.2. The molecule has 0 saturated heterocycles. The standard InChI is InChI=1S/C19H23N3O2/c1-3-4-7-12-22-16-10-6-5-9-15(16)21-18(22)14(2)20-19(23)17-11-8-13-24-17/h5-6,8-11,13-14H,3-4,7,12H2,1-2H3,(H,20,23). The van der Waals surface area contributed by atoms with Crippen molar-refractivity contribution in [3.05, 3.63) is 54.2 Å². The Bertz CT molecular complexity index is 805. The fraction of sp³-hybridized carbons (Fsp3) is 0.368. The van der Waals surface area contributed by atoms with Crippen molar-refractivity contribution < 1.29 is 9.21 Å². The third-order valence-electron chi connectivity index (χ3n) is 4.15. The van der Waals surface area contributed by atoms with E-state index < -0.39 is 0 Å². The van der Waals surface area contributed by atoms with Crippen molar-refractivity contribution in [2.45, 2.75) is 45.7 Å². The van der Waals surface area contributed by atoms with Gasteiger partial charge in [-0.2, -0.15) is 0 Å². The van der Waals surface area contributed by atoms with E-state index in [1.165, 1.54) is 19.1 Å². The van der Waals surface area contributed by atoms with Gasteiger partial charge in [0.05, 0.1) is 23.3 Å². The van der Waals surface area contributed by atoms with E-state index in [-0.39, 0.29) is 11.9 Å². The first-order valence-corrected chi connectivity index (χ1v) is 8.50. The predicted molar refractivity (Wildman–Crippen MR) is 93.8 cm³/mol. The number of fused-ring (bicyclic) bond motifs is 1. The number of unbranched alkanes of at least 4 members (excludes halogenated alkanes) is 2. The maximum atomic E-state index is 12.2. The topological polar surface area (TPSA) is 60.1 Å². The number of benzene rings is 1. The number of imidazole rings is 1. The summed E-state index contributed by atoms with van der Waals surface area (Å²) in [5, 5.41) is 2.97. The largest absolute Gasteiger partial charge is 0.459 e. The van der Waals surface area contributed by atoms with Crippen molar-refractivity contribution in [2.75, 3.05) is 0 Å². The zero-order valence-electron chi connectivity index (χ0n) is 14.2. The molecule has 0 spiro atoms. The number of carbonyl (C=O) groups is 1. The van der Waals surface area contributed by atoms with Gasteiger partial charge in [-0.15, -0.1) is 0 Å². The van der Waals surface area contributed by atoms with Crippen LogP contribution >= 0.6 is 0 Å². The molecule has 2 heterocycles. The molecule has 0 aliphatic rings. The second-order valence-electron chi connectivity index (χ2n) is 5.99. The van der Waals surface area contributed by atoms with Crippen LogP contribution in [0.3, 0.4) is 0 Å². The number of aryl methyl sites for hydroxylation is 1. The Morgan fingerprint density at radius 1 is 1.25 bits per heavy atom. The monoisotopic (exact) mass is 325 g/mol. The average Bonchev–Trinajstić information content (AvgIpc) is 3.23. The molecule has 1 amide bonds. The van der Waals surface area contributed by atoms with Crippen LogP contribution in [0.5, 0.6) is 0 Å². The zero-order chi connectivity index (χ0) is 16.9. The molecule has 2 aromatic heterocycles. The van der Waals surface area contributed by atoms with Crippen molar-refractivity contribution in [1.29, 1.82) is 0 Å². The molecule has 1 N–H and O–H groups in total. The molecule has 3 aromatic rings. The molecule has 0 saturated carbocycles. The molecular weight excluding hydrogens is 302 g/mol. The van der Waals surface area contributed by atoms with Crippen LogP contribution < -0.4 is 5.32 Å². The maximum Gasteiger partial charge on any atom is 0.287 e. The van der Waals surface area contributed by atoms with Crippen LogP contribution in [-0.2, 0) is 6.54 Å². The summed E-state index contributed by atoms with van der Waals surface area (Å²) in [5.41, 5.74) is 2.07. The van der Waals surface area contributed by atoms with E-state index in [1.54, 1.807) is 12.1 Å². The summed E-state index contributed by atoms with van der Waals surface area (Å²) in [4.78, 5) is 17.0. The van der Waals surface area contributed by atoms with Crippen molar-refractivity contribution in [1.82, 2.24) is 14.9 Å². The Morgan fingerprint density at radius 3 is 2.83 bits per heavy atom. The number of nitrogens with zero attached hydrogens (tertiary/aromatic N) is 2. The van der Waals surface area contributed by atoms with Crippen molar-refractivity contribution in [3.8, 4) is 0 Å². The number of amides is 1. The molecule has 126 valence electrons. The van der Waals surface area contributed by atoms with Gasteiger partial charge in [-0.1, -0.05) is 31.9 Å². The van der Waals surface area contributed by atoms with Gasteiger partial charge in [0.2, 0.25) is 0 Å². The molecule has 0 aliphatic carbocycles. The van der Waals surface area contributed by atoms with Crippen LogP contribution in [0.2, 0.25) is 0 Å². The van der Waals surface area contributed by atoms with Crippen molar-refractivity contribution >= 4 is 16.9 Å². The first-order chi connectivity index (χ1) is 11.7. The highest BCUT2D eigenvalue weighted by molar-refractivity contribution is 5.91. The third kappa shape index (κ3) is 3.35. The molecule has 0 fully saturated rings. The minimum Gasteiger partial charge on any atom is -0.459 e. The second-order valence-corrected chi connectivity index (χ2v) is 5.99. The Balaban J connectivity index is 1.86. The Morgan fingerprint density at radius 2 is 2.08 bits per heavy atom. The lowest BCUT2D eigenvalue weighted by Gasteiger charge is -2.15. The van der Waals surface area contributed by atoms with Gasteiger partial charge in [0.15, 0.2) is 5.76 Å². The molecule has 1 unspecified atom stereocenters. The van der Waals surface area contributed by atoms with Gasteiger partial charge in [0.25, 0.3) is 5.91 Å². The van der Waals surface area contributed by atoms with Gasteiger partial charge in [0, 0.05) is 6.54 Å². The average molecular weight is 325 g/mol. The van der Waals surface area contributed by atoms with Crippen molar-refractivity contribution in [2.24, 2.45) is 0 Å². The first-order valence-electron chi connectivity index (χ1n) is 8.50. The molecule has 5 heteroatoms. The number of nitrogens with one attached hydrogen (secondary N) is 1. The van der Waals surface area contributed by atoms with Crippen LogP contribution in [0.25, 0.3) is 11.0 Å². The summed E-state index contributed by atoms with van der Waals surface area (Å²) in [5.74, 6) is 0.974. The van der Waals surface area contributed by atoms with Gasteiger partial charge in [-0.05, 0) is 37.6 Å². The Kier molecular flexibility index (Phi) is 4.99. The van der Waals surface area contributed by atoms with Gasteiger partial charge in [-0.3, -0.25) is 4.79 Å². The summed E-state index contributed by atoms with van der Waals surface area (Å²) < 4.78 is 7.38. The molecule has 0 aliphatic heterocycles. The van der Waals surface area contributed by atoms with Crippen LogP contribution in [0.1, 0.15) is 55.5 Å². The van der Waals surface area contributed by atoms with Gasteiger partial charge in [0.1, 0.15) is 5.82 Å². The van der Waals surface area contributed by atoms with E-state index in [2.05, 4.69) is 22.9 Å². The summed E-state index contributed by atoms with van der Waals surface area (Å²) >= 11 is 0. The highest BCUT2D eigenvalue weighted by Gasteiger charge is 2.19. The van der Waals surface area contributed by atoms with E-state index in [0.29, 0.717) is 5.76 Å². The van der Waals surface area contributed by atoms with Gasteiger partial charge >= 0.3 is 0 Å². The molecule has 0 bridgehead atoms. The lowest BCUT2D eigenvalue weighted by atomic mass is 10.2. The van der Waals surface area contributed by atoms with Crippen LogP contribution in [0.4, 0.5) is 0 Å². The van der Waals surface area contributed by atoms with Gasteiger partial charge in [-0.25, -0.2) is 4.98 Å². The number of hydrogen-bond donors (Lipinski definition) is 1. The molecule has 3 rings (SSSR count). The predicted octanol–water partition coefficient (Wildman–Crippen LogP) is 4.31. The van der Waals surface area contributed by atoms with Crippen LogP contribution in [0, 0.1) is 0 Å². The fourth-order valence-corrected chi connectivity index (χ4v) is 2.92. The molecule has 1 aromatic carbocycles. The molecule has 5 nitrogen and oxygen atoms in total. The van der Waals surface area contributed by atoms with E-state index >= 15 is 0 Å². The number of rotatable bonds is 7. The minimum absolute atomic E-state index is 0.198. The van der Waals surface area contributed by atoms with Crippen LogP contribution in [0.15, 0.2) is 47.1 Å². The molecular formula is C19H23N3O2. The van der Waals surface area contributed by atoms with E-state index in [1.807, 2.05) is 25.1 Å². The number of para-hydroxylation sites is 2. The Hall–Kier alpha value is -2.56. The third-order valence-corrected chi connectivity index (χ3v) is 4.15. The number of hydrogen-bond acceptors (Lipinski definition) is 3. The lowest BCUT2D eigenvalue weighted by molar-refractivity contribution is 0.0909. The van der Waals surface area contributed by atoms with Gasteiger partial charge < -0.3 is 14.3 Å².